The van der Waals surface area contributed by atoms with Crippen molar-refractivity contribution >= 4 is 46.6 Å². The fourth-order valence-corrected chi connectivity index (χ4v) is 6.06. The van der Waals surface area contributed by atoms with Gasteiger partial charge >= 0.3 is 5.97 Å². The quantitative estimate of drug-likeness (QED) is 0.265. The molecule has 1 atom stereocenters. The van der Waals surface area contributed by atoms with E-state index < -0.39 is 12.0 Å². The number of allylic oxidation sites excluding steroid dienone is 1. The molecule has 1 aliphatic rings. The van der Waals surface area contributed by atoms with E-state index in [1.807, 2.05) is 0 Å². The summed E-state index contributed by atoms with van der Waals surface area (Å²) in [5.41, 5.74) is 1.57. The SMILES string of the molecule is CCOC(=O)C1=C(C)N=c2s/c(=C\c3ccc(-c4ccc(Cl)cc4Cl)o3)c(=O)n2[C@H]1c1cc(OC)ccc1OC. The van der Waals surface area contributed by atoms with Crippen LogP contribution in [0.1, 0.15) is 31.2 Å². The third-order valence-electron chi connectivity index (χ3n) is 6.35. The van der Waals surface area contributed by atoms with Gasteiger partial charge in [0.15, 0.2) is 4.80 Å². The molecule has 0 bridgehead atoms. The van der Waals surface area contributed by atoms with E-state index in [9.17, 15) is 9.59 Å². The second-order valence-corrected chi connectivity index (χ2v) is 10.6. The van der Waals surface area contributed by atoms with Crippen LogP contribution in [0.25, 0.3) is 17.4 Å². The van der Waals surface area contributed by atoms with Gasteiger partial charge < -0.3 is 18.6 Å². The number of hydrogen-bond acceptors (Lipinski definition) is 8. The molecule has 206 valence electrons. The van der Waals surface area contributed by atoms with Gasteiger partial charge in [0, 0.05) is 22.2 Å². The van der Waals surface area contributed by atoms with Crippen LogP contribution in [-0.4, -0.2) is 31.4 Å². The fraction of sp³-hybridized carbons (Fsp3) is 0.207. The first-order chi connectivity index (χ1) is 19.2. The number of methoxy groups -OCH3 is 2. The highest BCUT2D eigenvalue weighted by atomic mass is 35.5. The van der Waals surface area contributed by atoms with Crippen LogP contribution in [0.3, 0.4) is 0 Å². The molecule has 0 saturated carbocycles. The Bertz CT molecular complexity index is 1840. The Balaban J connectivity index is 1.68. The minimum absolute atomic E-state index is 0.167. The van der Waals surface area contributed by atoms with Crippen molar-refractivity contribution in [3.05, 3.63) is 101 Å². The van der Waals surface area contributed by atoms with Crippen LogP contribution < -0.4 is 24.4 Å². The van der Waals surface area contributed by atoms with Crippen molar-refractivity contribution in [2.75, 3.05) is 20.8 Å². The highest BCUT2D eigenvalue weighted by Crippen LogP contribution is 2.38. The van der Waals surface area contributed by atoms with Crippen molar-refractivity contribution in [2.45, 2.75) is 19.9 Å². The Hall–Kier alpha value is -3.79. The zero-order valence-corrected chi connectivity index (χ0v) is 24.3. The highest BCUT2D eigenvalue weighted by Gasteiger charge is 2.35. The molecule has 5 rings (SSSR count). The molecular formula is C29H24Cl2N2O6S. The summed E-state index contributed by atoms with van der Waals surface area (Å²) in [6.45, 7) is 3.61. The molecule has 40 heavy (non-hydrogen) atoms. The van der Waals surface area contributed by atoms with Crippen LogP contribution >= 0.6 is 34.5 Å². The van der Waals surface area contributed by atoms with Gasteiger partial charge in [-0.25, -0.2) is 9.79 Å². The maximum absolute atomic E-state index is 13.9. The lowest BCUT2D eigenvalue weighted by Crippen LogP contribution is -2.40. The van der Waals surface area contributed by atoms with Crippen LogP contribution in [0.2, 0.25) is 10.0 Å². The van der Waals surface area contributed by atoms with Gasteiger partial charge in [-0.2, -0.15) is 0 Å². The maximum atomic E-state index is 13.9. The van der Waals surface area contributed by atoms with Gasteiger partial charge in [0.25, 0.3) is 5.56 Å². The molecule has 0 amide bonds. The number of esters is 1. The van der Waals surface area contributed by atoms with E-state index in [1.54, 1.807) is 75.6 Å². The smallest absolute Gasteiger partial charge is 0.338 e. The lowest BCUT2D eigenvalue weighted by atomic mass is 9.95. The van der Waals surface area contributed by atoms with Gasteiger partial charge in [0.1, 0.15) is 29.1 Å². The predicted octanol–water partition coefficient (Wildman–Crippen LogP) is 5.38. The molecule has 4 aromatic rings. The number of furan rings is 1. The van der Waals surface area contributed by atoms with Crippen molar-refractivity contribution < 1.29 is 23.4 Å². The third-order valence-corrected chi connectivity index (χ3v) is 7.88. The summed E-state index contributed by atoms with van der Waals surface area (Å²) in [4.78, 5) is 32.1. The number of thiazole rings is 1. The summed E-state index contributed by atoms with van der Waals surface area (Å²) >= 11 is 13.5. The van der Waals surface area contributed by atoms with E-state index >= 15 is 0 Å². The molecule has 0 aliphatic carbocycles. The Labute approximate surface area is 243 Å². The zero-order chi connectivity index (χ0) is 28.6. The van der Waals surface area contributed by atoms with E-state index in [0.29, 0.717) is 59.2 Å². The highest BCUT2D eigenvalue weighted by molar-refractivity contribution is 7.07. The molecular weight excluding hydrogens is 575 g/mol. The molecule has 0 N–H and O–H groups in total. The Morgan fingerprint density at radius 3 is 2.62 bits per heavy atom. The molecule has 0 unspecified atom stereocenters. The number of carbonyl (C=O) groups excluding carboxylic acids is 1. The molecule has 8 nitrogen and oxygen atoms in total. The van der Waals surface area contributed by atoms with E-state index in [-0.39, 0.29) is 17.7 Å². The van der Waals surface area contributed by atoms with E-state index in [0.717, 1.165) is 0 Å². The predicted molar refractivity (Wildman–Crippen MR) is 154 cm³/mol. The second kappa shape index (κ2) is 11.4. The Morgan fingerprint density at radius 2 is 1.93 bits per heavy atom. The number of halogens is 2. The van der Waals surface area contributed by atoms with Crippen LogP contribution in [0, 0.1) is 0 Å². The molecule has 2 aromatic carbocycles. The minimum atomic E-state index is -0.859. The van der Waals surface area contributed by atoms with Crippen LogP contribution in [0.15, 0.2) is 74.0 Å². The van der Waals surface area contributed by atoms with Crippen molar-refractivity contribution in [3.8, 4) is 22.8 Å². The van der Waals surface area contributed by atoms with Crippen LogP contribution in [0.4, 0.5) is 0 Å². The van der Waals surface area contributed by atoms with Crippen molar-refractivity contribution in [2.24, 2.45) is 4.99 Å². The number of benzene rings is 2. The number of ether oxygens (including phenoxy) is 3. The molecule has 0 fully saturated rings. The molecule has 11 heteroatoms. The van der Waals surface area contributed by atoms with Crippen LogP contribution in [-0.2, 0) is 9.53 Å². The topological polar surface area (TPSA) is 92.3 Å². The van der Waals surface area contributed by atoms with Gasteiger partial charge in [-0.3, -0.25) is 9.36 Å². The second-order valence-electron chi connectivity index (χ2n) is 8.74. The maximum Gasteiger partial charge on any atom is 0.338 e. The molecule has 0 spiro atoms. The summed E-state index contributed by atoms with van der Waals surface area (Å²) in [6, 6.07) is 13.0. The minimum Gasteiger partial charge on any atom is -0.497 e. The summed E-state index contributed by atoms with van der Waals surface area (Å²) in [5, 5.41) is 0.961. The van der Waals surface area contributed by atoms with Crippen molar-refractivity contribution in [3.63, 3.8) is 0 Å². The van der Waals surface area contributed by atoms with Crippen molar-refractivity contribution in [1.82, 2.24) is 4.57 Å². The fourth-order valence-electron chi connectivity index (χ4n) is 4.53. The normalized spacial score (nSPS) is 15.1. The standard InChI is InChI=1S/C29H24Cl2N2O6S/c1-5-38-28(35)25-15(2)32-29-33(26(25)20-13-17(36-3)7-10-22(20)37-4)27(34)24(40-29)14-18-8-11-23(39-18)19-9-6-16(30)12-21(19)31/h6-14,26H,5H2,1-4H3/b24-14-/t26-/m0/s1. The largest absolute Gasteiger partial charge is 0.497 e. The number of nitrogens with zero attached hydrogens (tertiary/aromatic N) is 2. The first-order valence-corrected chi connectivity index (χ1v) is 13.8. The number of aromatic nitrogens is 1. The molecule has 0 radical (unpaired) electrons. The Kier molecular flexibility index (Phi) is 7.89. The summed E-state index contributed by atoms with van der Waals surface area (Å²) < 4.78 is 24.3. The van der Waals surface area contributed by atoms with Crippen molar-refractivity contribution in [1.29, 1.82) is 0 Å². The van der Waals surface area contributed by atoms with Crippen LogP contribution in [0.5, 0.6) is 11.5 Å². The number of rotatable bonds is 7. The summed E-state index contributed by atoms with van der Waals surface area (Å²) in [7, 11) is 3.07. The average molecular weight is 599 g/mol. The molecule has 2 aromatic heterocycles. The van der Waals surface area contributed by atoms with E-state index in [1.165, 1.54) is 23.0 Å². The van der Waals surface area contributed by atoms with E-state index in [2.05, 4.69) is 4.99 Å². The lowest BCUT2D eigenvalue weighted by Gasteiger charge is -2.26. The first-order valence-electron chi connectivity index (χ1n) is 12.2. The number of carbonyl (C=O) groups is 1. The average Bonchev–Trinajstić information content (AvgIpc) is 3.51. The number of fused-ring (bicyclic) bond motifs is 1. The Morgan fingerprint density at radius 1 is 1.12 bits per heavy atom. The molecule has 0 saturated heterocycles. The summed E-state index contributed by atoms with van der Waals surface area (Å²) in [6.07, 6.45) is 1.64. The zero-order valence-electron chi connectivity index (χ0n) is 22.0. The molecule has 1 aliphatic heterocycles. The number of hydrogen-bond donors (Lipinski definition) is 0. The first kappa shape index (κ1) is 27.8. The van der Waals surface area contributed by atoms with Gasteiger partial charge in [-0.15, -0.1) is 0 Å². The lowest BCUT2D eigenvalue weighted by molar-refractivity contribution is -0.139. The monoisotopic (exact) mass is 598 g/mol. The van der Waals surface area contributed by atoms with Gasteiger partial charge in [-0.1, -0.05) is 34.5 Å². The van der Waals surface area contributed by atoms with Gasteiger partial charge in [-0.05, 0) is 62.4 Å². The van der Waals surface area contributed by atoms with Gasteiger partial charge in [0.05, 0.1) is 41.7 Å². The third kappa shape index (κ3) is 5.08. The summed E-state index contributed by atoms with van der Waals surface area (Å²) in [5.74, 6) is 1.43. The van der Waals surface area contributed by atoms with E-state index in [4.69, 9.17) is 41.8 Å². The van der Waals surface area contributed by atoms with Gasteiger partial charge in [0.2, 0.25) is 0 Å². The molecule has 3 heterocycles.